The second-order valence-electron chi connectivity index (χ2n) is 5.18. The van der Waals surface area contributed by atoms with Crippen molar-refractivity contribution in [2.45, 2.75) is 12.7 Å². The number of pyridine rings is 2. The Bertz CT molecular complexity index is 766. The number of hydrogen-bond acceptors (Lipinski definition) is 5. The highest BCUT2D eigenvalue weighted by Crippen LogP contribution is 2.29. The summed E-state index contributed by atoms with van der Waals surface area (Å²) in [4.78, 5) is 19.5. The van der Waals surface area contributed by atoms with Gasteiger partial charge in [0.05, 0.1) is 18.9 Å². The van der Waals surface area contributed by atoms with Gasteiger partial charge in [-0.3, -0.25) is 4.79 Å². The van der Waals surface area contributed by atoms with E-state index in [1.165, 1.54) is 19.2 Å². The number of nitrogens with one attached hydrogen (secondary N) is 1. The smallest absolute Gasteiger partial charge is 0.269 e. The highest BCUT2D eigenvalue weighted by atomic mass is 35.5. The van der Waals surface area contributed by atoms with E-state index >= 15 is 0 Å². The number of ether oxygens (including phenoxy) is 2. The normalized spacial score (nSPS) is 15.3. The molecule has 0 radical (unpaired) electrons. The first-order valence-electron chi connectivity index (χ1n) is 7.37. The van der Waals surface area contributed by atoms with Crippen LogP contribution in [0.5, 0.6) is 0 Å². The molecule has 1 N–H and O–H groups in total. The zero-order valence-electron chi connectivity index (χ0n) is 12.9. The molecule has 0 atom stereocenters. The molecule has 1 fully saturated rings. The van der Waals surface area contributed by atoms with Gasteiger partial charge in [-0.25, -0.2) is 9.97 Å². The molecule has 0 aliphatic carbocycles. The summed E-state index contributed by atoms with van der Waals surface area (Å²) in [6.07, 6.45) is 0.288. The van der Waals surface area contributed by atoms with Gasteiger partial charge in [0, 0.05) is 24.2 Å². The van der Waals surface area contributed by atoms with Gasteiger partial charge in [0.1, 0.15) is 10.8 Å². The van der Waals surface area contributed by atoms with E-state index in [9.17, 15) is 9.18 Å². The molecule has 6 nitrogen and oxygen atoms in total. The van der Waals surface area contributed by atoms with Gasteiger partial charge in [0.2, 0.25) is 5.95 Å². The molecule has 3 rings (SSSR count). The molecule has 8 heteroatoms. The van der Waals surface area contributed by atoms with Crippen molar-refractivity contribution in [1.82, 2.24) is 15.3 Å². The Morgan fingerprint density at radius 3 is 2.71 bits per heavy atom. The van der Waals surface area contributed by atoms with Gasteiger partial charge >= 0.3 is 0 Å². The van der Waals surface area contributed by atoms with E-state index in [2.05, 4.69) is 15.3 Å². The van der Waals surface area contributed by atoms with Gasteiger partial charge in [-0.05, 0) is 24.6 Å². The number of carbonyl (C=O) groups is 1. The van der Waals surface area contributed by atoms with Crippen molar-refractivity contribution in [1.29, 1.82) is 0 Å². The number of rotatable bonds is 3. The molecule has 0 bridgehead atoms. The lowest BCUT2D eigenvalue weighted by Gasteiger charge is -2.23. The number of halogens is 2. The van der Waals surface area contributed by atoms with E-state index in [0.717, 1.165) is 6.42 Å². The molecule has 0 saturated carbocycles. The maximum atomic E-state index is 13.8. The molecule has 3 heterocycles. The Morgan fingerprint density at radius 2 is 2.00 bits per heavy atom. The van der Waals surface area contributed by atoms with Crippen LogP contribution in [0.3, 0.4) is 0 Å². The van der Waals surface area contributed by atoms with E-state index in [-0.39, 0.29) is 10.8 Å². The Balaban J connectivity index is 2.01. The second-order valence-corrected chi connectivity index (χ2v) is 5.57. The molecule has 24 heavy (non-hydrogen) atoms. The summed E-state index contributed by atoms with van der Waals surface area (Å²) in [6.45, 7) is 1.18. The minimum absolute atomic E-state index is 0.0407. The molecule has 1 aliphatic rings. The SMILES string of the molecule is CNC(=O)c1cc(-c2cc(C3OCCCO3)cc(Cl)n2)cc(F)n1. The van der Waals surface area contributed by atoms with Crippen molar-refractivity contribution in [2.24, 2.45) is 0 Å². The summed E-state index contributed by atoms with van der Waals surface area (Å²) in [5.41, 5.74) is 1.44. The van der Waals surface area contributed by atoms with Crippen LogP contribution in [0.2, 0.25) is 5.15 Å². The lowest BCUT2D eigenvalue weighted by atomic mass is 10.1. The third-order valence-electron chi connectivity index (χ3n) is 3.47. The summed E-state index contributed by atoms with van der Waals surface area (Å²) in [7, 11) is 1.45. The molecular formula is C16H15ClFN3O3. The van der Waals surface area contributed by atoms with Crippen LogP contribution in [0.1, 0.15) is 28.8 Å². The van der Waals surface area contributed by atoms with Crippen molar-refractivity contribution in [2.75, 3.05) is 20.3 Å². The molecule has 1 saturated heterocycles. The zero-order valence-corrected chi connectivity index (χ0v) is 13.6. The average Bonchev–Trinajstić information content (AvgIpc) is 2.60. The maximum Gasteiger partial charge on any atom is 0.269 e. The zero-order chi connectivity index (χ0) is 17.1. The van der Waals surface area contributed by atoms with Gasteiger partial charge in [-0.1, -0.05) is 11.6 Å². The van der Waals surface area contributed by atoms with Gasteiger partial charge in [-0.15, -0.1) is 0 Å². The third-order valence-corrected chi connectivity index (χ3v) is 3.66. The lowest BCUT2D eigenvalue weighted by Crippen LogP contribution is -2.19. The number of carbonyl (C=O) groups excluding carboxylic acids is 1. The first-order valence-corrected chi connectivity index (χ1v) is 7.75. The van der Waals surface area contributed by atoms with Crippen LogP contribution >= 0.6 is 11.6 Å². The molecule has 0 spiro atoms. The predicted molar refractivity (Wildman–Crippen MR) is 85.1 cm³/mol. The van der Waals surface area contributed by atoms with Gasteiger partial charge in [-0.2, -0.15) is 4.39 Å². The van der Waals surface area contributed by atoms with Crippen LogP contribution in [0.25, 0.3) is 11.3 Å². The fourth-order valence-electron chi connectivity index (χ4n) is 2.37. The maximum absolute atomic E-state index is 13.8. The largest absolute Gasteiger partial charge is 0.354 e. The molecule has 2 aromatic rings. The Kier molecular flexibility index (Phi) is 5.03. The van der Waals surface area contributed by atoms with Crippen LogP contribution in [0.15, 0.2) is 24.3 Å². The molecule has 0 unspecified atom stereocenters. The van der Waals surface area contributed by atoms with Gasteiger partial charge < -0.3 is 14.8 Å². The summed E-state index contributed by atoms with van der Waals surface area (Å²) >= 11 is 6.08. The van der Waals surface area contributed by atoms with Crippen molar-refractivity contribution in [3.8, 4) is 11.3 Å². The summed E-state index contributed by atoms with van der Waals surface area (Å²) in [5, 5.41) is 2.63. The highest BCUT2D eigenvalue weighted by Gasteiger charge is 2.19. The first-order chi connectivity index (χ1) is 11.6. The number of amides is 1. The third kappa shape index (κ3) is 3.69. The predicted octanol–water partition coefficient (Wildman–Crippen LogP) is 2.73. The van der Waals surface area contributed by atoms with E-state index in [4.69, 9.17) is 21.1 Å². The summed E-state index contributed by atoms with van der Waals surface area (Å²) < 4.78 is 24.9. The quantitative estimate of drug-likeness (QED) is 0.861. The van der Waals surface area contributed by atoms with E-state index < -0.39 is 18.1 Å². The number of nitrogens with zero attached hydrogens (tertiary/aromatic N) is 2. The lowest BCUT2D eigenvalue weighted by molar-refractivity contribution is -0.183. The Labute approximate surface area is 143 Å². The topological polar surface area (TPSA) is 73.3 Å². The summed E-state index contributed by atoms with van der Waals surface area (Å²) in [5.74, 6) is -1.27. The second kappa shape index (κ2) is 7.21. The van der Waals surface area contributed by atoms with Crippen LogP contribution in [0, 0.1) is 5.95 Å². The Hall–Kier alpha value is -2.09. The fraction of sp³-hybridized carbons (Fsp3) is 0.312. The van der Waals surface area contributed by atoms with Crippen LogP contribution in [-0.2, 0) is 9.47 Å². The Morgan fingerprint density at radius 1 is 1.25 bits per heavy atom. The fourth-order valence-corrected chi connectivity index (χ4v) is 2.59. The monoisotopic (exact) mass is 351 g/mol. The van der Waals surface area contributed by atoms with Gasteiger partial charge in [0.25, 0.3) is 5.91 Å². The molecule has 2 aromatic heterocycles. The average molecular weight is 352 g/mol. The number of hydrogen-bond donors (Lipinski definition) is 1. The summed E-state index contributed by atoms with van der Waals surface area (Å²) in [6, 6.07) is 5.98. The highest BCUT2D eigenvalue weighted by molar-refractivity contribution is 6.29. The minimum atomic E-state index is -0.778. The van der Waals surface area contributed by atoms with Crippen molar-refractivity contribution in [3.05, 3.63) is 46.6 Å². The molecule has 1 amide bonds. The van der Waals surface area contributed by atoms with E-state index in [1.807, 2.05) is 0 Å². The van der Waals surface area contributed by atoms with Gasteiger partial charge in [0.15, 0.2) is 6.29 Å². The number of aromatic nitrogens is 2. The van der Waals surface area contributed by atoms with Crippen molar-refractivity contribution >= 4 is 17.5 Å². The first kappa shape index (κ1) is 16.8. The molecule has 1 aliphatic heterocycles. The molecule has 0 aromatic carbocycles. The van der Waals surface area contributed by atoms with E-state index in [1.54, 1.807) is 12.1 Å². The molecular weight excluding hydrogens is 337 g/mol. The molecule has 126 valence electrons. The standard InChI is InChI=1S/C16H15ClFN3O3/c1-19-15(22)12-5-9(8-14(18)21-12)11-6-10(7-13(17)20-11)16-23-3-2-4-24-16/h5-8,16H,2-4H2,1H3,(H,19,22). The minimum Gasteiger partial charge on any atom is -0.354 e. The van der Waals surface area contributed by atoms with Crippen molar-refractivity contribution in [3.63, 3.8) is 0 Å². The van der Waals surface area contributed by atoms with Crippen LogP contribution in [0.4, 0.5) is 4.39 Å². The van der Waals surface area contributed by atoms with Crippen LogP contribution in [-0.4, -0.2) is 36.1 Å². The van der Waals surface area contributed by atoms with Crippen molar-refractivity contribution < 1.29 is 18.7 Å². The van der Waals surface area contributed by atoms with E-state index in [0.29, 0.717) is 30.0 Å². The van der Waals surface area contributed by atoms with Crippen LogP contribution < -0.4 is 5.32 Å².